The van der Waals surface area contributed by atoms with Crippen molar-refractivity contribution >= 4 is 21.7 Å². The fraction of sp³-hybridized carbons (Fsp3) is 0.667. The van der Waals surface area contributed by atoms with Gasteiger partial charge in [-0.2, -0.15) is 13.2 Å². The molecule has 0 aromatic carbocycles. The molecule has 0 fully saturated rings. The summed E-state index contributed by atoms with van der Waals surface area (Å²) in [6, 6.07) is -2.12. The van der Waals surface area contributed by atoms with Crippen LogP contribution in [0, 0.1) is 0 Å². The molecule has 0 radical (unpaired) electrons. The molecule has 2 N–H and O–H groups in total. The van der Waals surface area contributed by atoms with E-state index in [-0.39, 0.29) is 0 Å². The predicted octanol–water partition coefficient (Wildman–Crippen LogP) is -0.490. The third kappa shape index (κ3) is 4.04. The summed E-state index contributed by atoms with van der Waals surface area (Å²) in [4.78, 5) is 20.8. The van der Waals surface area contributed by atoms with Crippen LogP contribution in [0.5, 0.6) is 0 Å². The van der Waals surface area contributed by atoms with Crippen LogP contribution in [0.4, 0.5) is 13.2 Å². The monoisotopic (exact) mass is 263 g/mol. The topological polar surface area (TPSA) is 101 Å². The van der Waals surface area contributed by atoms with Gasteiger partial charge in [-0.3, -0.25) is 4.79 Å². The number of halogens is 3. The van der Waals surface area contributed by atoms with Crippen LogP contribution < -0.4 is 5.32 Å². The number of carbonyl (C=O) groups is 2. The Morgan fingerprint density at radius 2 is 1.81 bits per heavy atom. The highest BCUT2D eigenvalue weighted by Gasteiger charge is 2.47. The second-order valence-electron chi connectivity index (χ2n) is 2.82. The SMILES string of the molecule is CC(=O)NC(CS(=O)(=O)C(F)(F)F)C(=O)O. The van der Waals surface area contributed by atoms with Crippen molar-refractivity contribution in [3.05, 3.63) is 0 Å². The molecule has 0 aromatic heterocycles. The molecule has 6 nitrogen and oxygen atoms in total. The first-order valence-electron chi connectivity index (χ1n) is 3.76. The van der Waals surface area contributed by atoms with Gasteiger partial charge in [-0.15, -0.1) is 0 Å². The van der Waals surface area contributed by atoms with Crippen LogP contribution in [0.1, 0.15) is 6.92 Å². The van der Waals surface area contributed by atoms with Crippen LogP contribution in [0.2, 0.25) is 0 Å². The van der Waals surface area contributed by atoms with Crippen LogP contribution in [0.3, 0.4) is 0 Å². The Kier molecular flexibility index (Phi) is 4.29. The summed E-state index contributed by atoms with van der Waals surface area (Å²) in [5.74, 6) is -4.53. The number of sulfone groups is 1. The van der Waals surface area contributed by atoms with E-state index < -0.39 is 39.0 Å². The van der Waals surface area contributed by atoms with E-state index in [1.165, 1.54) is 0 Å². The minimum absolute atomic E-state index is 0.857. The zero-order valence-electron chi connectivity index (χ0n) is 7.91. The highest BCUT2D eigenvalue weighted by atomic mass is 32.2. The number of hydrogen-bond donors (Lipinski definition) is 2. The molecule has 0 rings (SSSR count). The van der Waals surface area contributed by atoms with Crippen molar-refractivity contribution in [2.75, 3.05) is 5.75 Å². The van der Waals surface area contributed by atoms with Crippen LogP contribution in [-0.2, 0) is 19.4 Å². The molecule has 1 amide bonds. The van der Waals surface area contributed by atoms with E-state index in [0.717, 1.165) is 6.92 Å². The van der Waals surface area contributed by atoms with Crippen molar-refractivity contribution in [3.8, 4) is 0 Å². The van der Waals surface area contributed by atoms with Gasteiger partial charge in [-0.25, -0.2) is 13.2 Å². The minimum Gasteiger partial charge on any atom is -0.480 e. The smallest absolute Gasteiger partial charge is 0.480 e. The quantitative estimate of drug-likeness (QED) is 0.712. The Bertz CT molecular complexity index is 387. The third-order valence-electron chi connectivity index (χ3n) is 1.41. The van der Waals surface area contributed by atoms with E-state index >= 15 is 0 Å². The van der Waals surface area contributed by atoms with Crippen molar-refractivity contribution in [2.45, 2.75) is 18.5 Å². The van der Waals surface area contributed by atoms with Crippen LogP contribution >= 0.6 is 0 Å². The van der Waals surface area contributed by atoms with Crippen molar-refractivity contribution in [1.82, 2.24) is 5.32 Å². The fourth-order valence-corrected chi connectivity index (χ4v) is 1.59. The van der Waals surface area contributed by atoms with Crippen LogP contribution in [0.15, 0.2) is 0 Å². The lowest BCUT2D eigenvalue weighted by Gasteiger charge is -2.14. The Labute approximate surface area is 88.4 Å². The number of carbonyl (C=O) groups excluding carboxylic acids is 1. The van der Waals surface area contributed by atoms with Gasteiger partial charge in [0, 0.05) is 6.92 Å². The van der Waals surface area contributed by atoms with E-state index in [1.54, 1.807) is 5.32 Å². The zero-order chi connectivity index (χ0) is 13.1. The molecule has 1 unspecified atom stereocenters. The maximum absolute atomic E-state index is 11.9. The molecule has 0 heterocycles. The molecule has 0 aliphatic carbocycles. The normalized spacial score (nSPS) is 14.2. The van der Waals surface area contributed by atoms with Gasteiger partial charge in [-0.1, -0.05) is 0 Å². The third-order valence-corrected chi connectivity index (χ3v) is 2.89. The molecule has 0 saturated heterocycles. The standard InChI is InChI=1S/C6H8F3NO5S/c1-3(11)10-4(5(12)13)2-16(14,15)6(7,8)9/h4H,2H2,1H3,(H,10,11)(H,12,13). The van der Waals surface area contributed by atoms with E-state index in [4.69, 9.17) is 5.11 Å². The summed E-state index contributed by atoms with van der Waals surface area (Å²) >= 11 is 0. The van der Waals surface area contributed by atoms with Gasteiger partial charge < -0.3 is 10.4 Å². The average Bonchev–Trinajstić information content (AvgIpc) is 1.98. The van der Waals surface area contributed by atoms with Gasteiger partial charge >= 0.3 is 11.5 Å². The number of rotatable bonds is 4. The zero-order valence-corrected chi connectivity index (χ0v) is 8.72. The van der Waals surface area contributed by atoms with E-state index in [2.05, 4.69) is 0 Å². The largest absolute Gasteiger partial charge is 0.497 e. The predicted molar refractivity (Wildman–Crippen MR) is 45.1 cm³/mol. The number of hydrogen-bond acceptors (Lipinski definition) is 4. The Morgan fingerprint density at radius 3 is 2.06 bits per heavy atom. The molecule has 0 aliphatic heterocycles. The molecule has 0 bridgehead atoms. The highest BCUT2D eigenvalue weighted by Crippen LogP contribution is 2.24. The summed E-state index contributed by atoms with van der Waals surface area (Å²) in [5, 5.41) is 9.99. The maximum atomic E-state index is 11.9. The molecular formula is C6H8F3NO5S. The number of carboxylic acids is 1. The number of amides is 1. The first kappa shape index (κ1) is 14.7. The lowest BCUT2D eigenvalue weighted by molar-refractivity contribution is -0.140. The molecule has 16 heavy (non-hydrogen) atoms. The summed E-state index contributed by atoms with van der Waals surface area (Å²) in [6.45, 7) is 0.857. The van der Waals surface area contributed by atoms with Gasteiger partial charge in [-0.05, 0) is 0 Å². The van der Waals surface area contributed by atoms with Gasteiger partial charge in [0.2, 0.25) is 15.7 Å². The molecule has 0 spiro atoms. The first-order chi connectivity index (χ1) is 6.97. The van der Waals surface area contributed by atoms with Gasteiger partial charge in [0.25, 0.3) is 0 Å². The summed E-state index contributed by atoms with van der Waals surface area (Å²) in [6.07, 6.45) is 0. The molecule has 0 saturated carbocycles. The molecule has 1 atom stereocenters. The number of alkyl halides is 3. The summed E-state index contributed by atoms with van der Waals surface area (Å²) in [5.41, 5.74) is -5.54. The van der Waals surface area contributed by atoms with E-state index in [9.17, 15) is 31.2 Å². The second-order valence-corrected chi connectivity index (χ2v) is 4.84. The molecule has 94 valence electrons. The first-order valence-corrected chi connectivity index (χ1v) is 5.41. The van der Waals surface area contributed by atoms with Crippen LogP contribution in [-0.4, -0.2) is 42.7 Å². The van der Waals surface area contributed by atoms with Crippen molar-refractivity contribution in [1.29, 1.82) is 0 Å². The summed E-state index contributed by atoms with van der Waals surface area (Å²) in [7, 11) is -5.58. The lowest BCUT2D eigenvalue weighted by atomic mass is 10.3. The van der Waals surface area contributed by atoms with Gasteiger partial charge in [0.15, 0.2) is 0 Å². The van der Waals surface area contributed by atoms with E-state index in [0.29, 0.717) is 0 Å². The Balaban J connectivity index is 4.91. The average molecular weight is 263 g/mol. The van der Waals surface area contributed by atoms with Crippen molar-refractivity contribution < 1.29 is 36.3 Å². The van der Waals surface area contributed by atoms with Crippen LogP contribution in [0.25, 0.3) is 0 Å². The second kappa shape index (κ2) is 4.68. The Hall–Kier alpha value is -1.32. The minimum atomic E-state index is -5.58. The highest BCUT2D eigenvalue weighted by molar-refractivity contribution is 7.92. The molecular weight excluding hydrogens is 255 g/mol. The molecule has 0 aromatic rings. The number of aliphatic carboxylic acids is 1. The number of nitrogens with one attached hydrogen (secondary N) is 1. The lowest BCUT2D eigenvalue weighted by Crippen LogP contribution is -2.46. The number of carboxylic acid groups (broad SMARTS) is 1. The van der Waals surface area contributed by atoms with Gasteiger partial charge in [0.1, 0.15) is 6.04 Å². The Morgan fingerprint density at radius 1 is 1.38 bits per heavy atom. The molecule has 10 heteroatoms. The fourth-order valence-electron chi connectivity index (χ4n) is 0.734. The van der Waals surface area contributed by atoms with Crippen molar-refractivity contribution in [2.24, 2.45) is 0 Å². The maximum Gasteiger partial charge on any atom is 0.497 e. The van der Waals surface area contributed by atoms with E-state index in [1.807, 2.05) is 0 Å². The summed E-state index contributed by atoms with van der Waals surface area (Å²) < 4.78 is 56.9. The molecule has 0 aliphatic rings. The van der Waals surface area contributed by atoms with Crippen molar-refractivity contribution in [3.63, 3.8) is 0 Å². The van der Waals surface area contributed by atoms with Gasteiger partial charge in [0.05, 0.1) is 5.75 Å².